The summed E-state index contributed by atoms with van der Waals surface area (Å²) in [6.45, 7) is 2.12. The Morgan fingerprint density at radius 2 is 2.24 bits per heavy atom. The lowest BCUT2D eigenvalue weighted by Gasteiger charge is -2.09. The minimum absolute atomic E-state index is 0.106. The summed E-state index contributed by atoms with van der Waals surface area (Å²) in [5.41, 5.74) is 0.0898. The van der Waals surface area contributed by atoms with Crippen molar-refractivity contribution in [3.05, 3.63) is 34.2 Å². The predicted octanol–water partition coefficient (Wildman–Crippen LogP) is -0.118. The van der Waals surface area contributed by atoms with Crippen LogP contribution in [0.15, 0.2) is 23.1 Å². The number of hydrogen-bond acceptors (Lipinski definition) is 3. The smallest absolute Gasteiger partial charge is 0.251 e. The first-order chi connectivity index (χ1) is 7.91. The number of carbonyl (C=O) groups is 1. The van der Waals surface area contributed by atoms with Crippen molar-refractivity contribution in [2.45, 2.75) is 12.2 Å². The first-order valence-corrected chi connectivity index (χ1v) is 6.81. The molecule has 17 heavy (non-hydrogen) atoms. The molecule has 5 nitrogen and oxygen atoms in total. The van der Waals surface area contributed by atoms with Crippen molar-refractivity contribution < 1.29 is 9.00 Å². The number of hydrogen-bond donors (Lipinski definition) is 1. The minimum atomic E-state index is -0.972. The molecule has 2 unspecified atom stereocenters. The lowest BCUT2D eigenvalue weighted by molar-refractivity contribution is 0.0954. The second-order valence-electron chi connectivity index (χ2n) is 3.88. The second-order valence-corrected chi connectivity index (χ2v) is 5.69. The third-order valence-electron chi connectivity index (χ3n) is 2.48. The zero-order valence-corrected chi connectivity index (χ0v) is 10.9. The van der Waals surface area contributed by atoms with Crippen LogP contribution in [0, 0.1) is 0 Å². The maximum Gasteiger partial charge on any atom is 0.251 e. The largest absolute Gasteiger partial charge is 0.351 e. The van der Waals surface area contributed by atoms with Gasteiger partial charge in [-0.2, -0.15) is 0 Å². The number of nitrogens with zero attached hydrogens (tertiary/aromatic N) is 1. The Morgan fingerprint density at radius 3 is 2.76 bits per heavy atom. The molecular formula is C11H16N2O3S. The summed E-state index contributed by atoms with van der Waals surface area (Å²) in [4.78, 5) is 23.0. The standard InChI is InChI=1S/C11H16N2O3S/c1-8(17(3)16)7-12-11(15)9-4-5-13(2)10(14)6-9/h4-6,8H,7H2,1-3H3,(H,12,15). The molecule has 6 heteroatoms. The van der Waals surface area contributed by atoms with Crippen LogP contribution in [-0.4, -0.2) is 32.7 Å². The van der Waals surface area contributed by atoms with Crippen LogP contribution >= 0.6 is 0 Å². The van der Waals surface area contributed by atoms with Crippen LogP contribution in [0.4, 0.5) is 0 Å². The minimum Gasteiger partial charge on any atom is -0.351 e. The summed E-state index contributed by atoms with van der Waals surface area (Å²) < 4.78 is 12.5. The van der Waals surface area contributed by atoms with E-state index < -0.39 is 10.8 Å². The van der Waals surface area contributed by atoms with E-state index in [1.165, 1.54) is 10.6 Å². The fourth-order valence-corrected chi connectivity index (χ4v) is 1.46. The van der Waals surface area contributed by atoms with Gasteiger partial charge in [-0.15, -0.1) is 0 Å². The third kappa shape index (κ3) is 3.81. The van der Waals surface area contributed by atoms with Gasteiger partial charge in [-0.1, -0.05) is 0 Å². The van der Waals surface area contributed by atoms with Crippen molar-refractivity contribution in [2.75, 3.05) is 12.8 Å². The highest BCUT2D eigenvalue weighted by atomic mass is 32.2. The van der Waals surface area contributed by atoms with E-state index in [1.54, 1.807) is 32.5 Å². The van der Waals surface area contributed by atoms with Crippen LogP contribution in [-0.2, 0) is 17.8 Å². The quantitative estimate of drug-likeness (QED) is 0.816. The van der Waals surface area contributed by atoms with E-state index >= 15 is 0 Å². The molecule has 2 atom stereocenters. The van der Waals surface area contributed by atoms with Crippen LogP contribution in [0.3, 0.4) is 0 Å². The summed E-state index contributed by atoms with van der Waals surface area (Å²) in [6, 6.07) is 2.85. The Morgan fingerprint density at radius 1 is 1.59 bits per heavy atom. The Hall–Kier alpha value is -1.43. The number of nitrogens with one attached hydrogen (secondary N) is 1. The fraction of sp³-hybridized carbons (Fsp3) is 0.455. The van der Waals surface area contributed by atoms with Crippen LogP contribution < -0.4 is 10.9 Å². The van der Waals surface area contributed by atoms with Crippen molar-refractivity contribution in [2.24, 2.45) is 7.05 Å². The number of amides is 1. The number of aromatic nitrogens is 1. The van der Waals surface area contributed by atoms with Gasteiger partial charge in [0.25, 0.3) is 11.5 Å². The number of aryl methyl sites for hydroxylation is 1. The molecule has 0 fully saturated rings. The molecule has 0 aliphatic heterocycles. The highest BCUT2D eigenvalue weighted by Gasteiger charge is 2.10. The van der Waals surface area contributed by atoms with Crippen molar-refractivity contribution in [1.82, 2.24) is 9.88 Å². The Kier molecular flexibility index (Phi) is 4.62. The van der Waals surface area contributed by atoms with Crippen molar-refractivity contribution in [1.29, 1.82) is 0 Å². The van der Waals surface area contributed by atoms with Gasteiger partial charge in [0.1, 0.15) is 0 Å². The van der Waals surface area contributed by atoms with Crippen LogP contribution in [0.2, 0.25) is 0 Å². The topological polar surface area (TPSA) is 68.2 Å². The van der Waals surface area contributed by atoms with E-state index in [2.05, 4.69) is 5.32 Å². The Labute approximate surface area is 102 Å². The zero-order chi connectivity index (χ0) is 13.0. The van der Waals surface area contributed by atoms with Gasteiger partial charge < -0.3 is 9.88 Å². The average molecular weight is 256 g/mol. The molecule has 94 valence electrons. The summed E-state index contributed by atoms with van der Waals surface area (Å²) in [7, 11) is 0.646. The molecule has 0 radical (unpaired) electrons. The summed E-state index contributed by atoms with van der Waals surface area (Å²) in [5.74, 6) is -0.319. The molecule has 0 spiro atoms. The third-order valence-corrected chi connectivity index (χ3v) is 3.78. The van der Waals surface area contributed by atoms with E-state index in [1.807, 2.05) is 0 Å². The van der Waals surface area contributed by atoms with Crippen molar-refractivity contribution in [3.63, 3.8) is 0 Å². The molecule has 0 aromatic carbocycles. The monoisotopic (exact) mass is 256 g/mol. The molecule has 1 amide bonds. The normalized spacial score (nSPS) is 14.1. The van der Waals surface area contributed by atoms with E-state index in [4.69, 9.17) is 0 Å². The molecule has 0 aliphatic carbocycles. The van der Waals surface area contributed by atoms with E-state index in [0.717, 1.165) is 0 Å². The maximum absolute atomic E-state index is 11.7. The number of pyridine rings is 1. The molecule has 0 aliphatic rings. The van der Waals surface area contributed by atoms with Gasteiger partial charge in [0, 0.05) is 53.7 Å². The number of carbonyl (C=O) groups excluding carboxylic acids is 1. The highest BCUT2D eigenvalue weighted by Crippen LogP contribution is 1.95. The van der Waals surface area contributed by atoms with E-state index in [-0.39, 0.29) is 16.7 Å². The highest BCUT2D eigenvalue weighted by molar-refractivity contribution is 7.84. The van der Waals surface area contributed by atoms with Gasteiger partial charge in [-0.05, 0) is 13.0 Å². The molecule has 1 aromatic heterocycles. The summed E-state index contributed by atoms with van der Waals surface area (Å²) in [6.07, 6.45) is 3.13. The summed E-state index contributed by atoms with van der Waals surface area (Å²) in [5, 5.41) is 2.54. The van der Waals surface area contributed by atoms with Gasteiger partial charge in [0.15, 0.2) is 0 Å². The van der Waals surface area contributed by atoms with Gasteiger partial charge in [0.2, 0.25) is 0 Å². The molecule has 1 aromatic rings. The van der Waals surface area contributed by atoms with E-state index in [9.17, 15) is 13.8 Å². The Bertz CT molecular complexity index is 496. The average Bonchev–Trinajstić information content (AvgIpc) is 2.28. The molecule has 1 heterocycles. The molecule has 0 bridgehead atoms. The first-order valence-electron chi connectivity index (χ1n) is 5.19. The van der Waals surface area contributed by atoms with Crippen molar-refractivity contribution >= 4 is 16.7 Å². The molecule has 1 N–H and O–H groups in total. The van der Waals surface area contributed by atoms with Crippen LogP contribution in [0.25, 0.3) is 0 Å². The lowest BCUT2D eigenvalue weighted by Crippen LogP contribution is -2.33. The Balaban J connectivity index is 2.67. The molecule has 0 saturated heterocycles. The first kappa shape index (κ1) is 13.6. The van der Waals surface area contributed by atoms with E-state index in [0.29, 0.717) is 12.1 Å². The summed E-state index contributed by atoms with van der Waals surface area (Å²) >= 11 is 0. The second kappa shape index (κ2) is 5.77. The van der Waals surface area contributed by atoms with Gasteiger partial charge >= 0.3 is 0 Å². The van der Waals surface area contributed by atoms with Crippen molar-refractivity contribution in [3.8, 4) is 0 Å². The van der Waals surface area contributed by atoms with Gasteiger partial charge in [-0.25, -0.2) is 0 Å². The fourth-order valence-electron chi connectivity index (χ4n) is 1.15. The molecule has 1 rings (SSSR count). The maximum atomic E-state index is 11.7. The predicted molar refractivity (Wildman–Crippen MR) is 67.5 cm³/mol. The van der Waals surface area contributed by atoms with Gasteiger partial charge in [-0.3, -0.25) is 13.8 Å². The van der Waals surface area contributed by atoms with Gasteiger partial charge in [0.05, 0.1) is 0 Å². The van der Waals surface area contributed by atoms with Crippen LogP contribution in [0.1, 0.15) is 17.3 Å². The molecule has 0 saturated carbocycles. The molecular weight excluding hydrogens is 240 g/mol. The SMILES string of the molecule is CC(CNC(=O)c1ccn(C)c(=O)c1)S(C)=O. The zero-order valence-electron chi connectivity index (χ0n) is 10.1. The van der Waals surface area contributed by atoms with Crippen LogP contribution in [0.5, 0.6) is 0 Å². The number of rotatable bonds is 4. The lowest BCUT2D eigenvalue weighted by atomic mass is 10.2.